The highest BCUT2D eigenvalue weighted by atomic mass is 35.5. The van der Waals surface area contributed by atoms with Crippen LogP contribution in [0.25, 0.3) is 0 Å². The Hall–Kier alpha value is -2.40. The number of hydrogen-bond acceptors (Lipinski definition) is 4. The fraction of sp³-hybridized carbons (Fsp3) is 0.133. The van der Waals surface area contributed by atoms with Gasteiger partial charge in [0.15, 0.2) is 0 Å². The fourth-order valence-electron chi connectivity index (χ4n) is 1.62. The third-order valence-electron chi connectivity index (χ3n) is 2.58. The molecule has 1 aromatic heterocycles. The van der Waals surface area contributed by atoms with E-state index >= 15 is 0 Å². The van der Waals surface area contributed by atoms with Crippen molar-refractivity contribution in [2.24, 2.45) is 5.10 Å². The first-order valence-corrected chi connectivity index (χ1v) is 6.29. The van der Waals surface area contributed by atoms with Crippen molar-refractivity contribution in [2.45, 2.75) is 13.3 Å². The number of aromatic nitrogens is 1. The number of carbonyl (C=O) groups excluding carboxylic acids is 1. The Morgan fingerprint density at radius 1 is 1.19 bits per heavy atom. The van der Waals surface area contributed by atoms with Crippen molar-refractivity contribution < 1.29 is 9.53 Å². The molecule has 110 valence electrons. The van der Waals surface area contributed by atoms with Crippen LogP contribution >= 0.6 is 12.4 Å². The molecule has 0 unspecified atom stereocenters. The zero-order valence-corrected chi connectivity index (χ0v) is 12.3. The van der Waals surface area contributed by atoms with Crippen LogP contribution in [0.15, 0.2) is 60.0 Å². The molecule has 0 fully saturated rings. The molecular weight excluding hydrogens is 290 g/mol. The van der Waals surface area contributed by atoms with Gasteiger partial charge in [-0.1, -0.05) is 25.1 Å². The average Bonchev–Trinajstić information content (AvgIpc) is 2.50. The van der Waals surface area contributed by atoms with Gasteiger partial charge >= 0.3 is 6.09 Å². The second-order valence-corrected chi connectivity index (χ2v) is 3.96. The van der Waals surface area contributed by atoms with Gasteiger partial charge in [-0.2, -0.15) is 5.10 Å². The van der Waals surface area contributed by atoms with Gasteiger partial charge in [0, 0.05) is 18.0 Å². The maximum absolute atomic E-state index is 11.6. The van der Waals surface area contributed by atoms with Crippen LogP contribution in [0, 0.1) is 0 Å². The van der Waals surface area contributed by atoms with E-state index in [2.05, 4.69) is 15.5 Å². The SMILES string of the molecule is CCC(=NNC(=O)Oc1ccccc1)c1ccncc1.Cl. The highest BCUT2D eigenvalue weighted by molar-refractivity contribution is 6.00. The first-order valence-electron chi connectivity index (χ1n) is 6.29. The minimum Gasteiger partial charge on any atom is -0.409 e. The van der Waals surface area contributed by atoms with Crippen LogP contribution in [0.3, 0.4) is 0 Å². The van der Waals surface area contributed by atoms with Gasteiger partial charge in [0.2, 0.25) is 0 Å². The third-order valence-corrected chi connectivity index (χ3v) is 2.58. The molecule has 5 nitrogen and oxygen atoms in total. The second-order valence-electron chi connectivity index (χ2n) is 3.96. The molecule has 0 aliphatic heterocycles. The quantitative estimate of drug-likeness (QED) is 0.695. The predicted molar refractivity (Wildman–Crippen MR) is 83.9 cm³/mol. The molecule has 1 heterocycles. The smallest absolute Gasteiger partial charge is 0.409 e. The molecule has 0 spiro atoms. The Morgan fingerprint density at radius 3 is 2.48 bits per heavy atom. The summed E-state index contributed by atoms with van der Waals surface area (Å²) in [5.74, 6) is 0.474. The lowest BCUT2D eigenvalue weighted by atomic mass is 10.1. The van der Waals surface area contributed by atoms with Gasteiger partial charge in [-0.25, -0.2) is 10.2 Å². The lowest BCUT2D eigenvalue weighted by Crippen LogP contribution is -2.23. The molecule has 6 heteroatoms. The number of pyridine rings is 1. The highest BCUT2D eigenvalue weighted by Gasteiger charge is 2.04. The van der Waals surface area contributed by atoms with E-state index in [1.54, 1.807) is 36.7 Å². The van der Waals surface area contributed by atoms with Crippen molar-refractivity contribution >= 4 is 24.2 Å². The number of hydrazone groups is 1. The summed E-state index contributed by atoms with van der Waals surface area (Å²) in [5.41, 5.74) is 4.07. The number of hydrogen-bond donors (Lipinski definition) is 1. The molecule has 0 aliphatic rings. The minimum atomic E-state index is -0.615. The second kappa shape index (κ2) is 8.71. The van der Waals surface area contributed by atoms with Crippen LogP contribution in [-0.4, -0.2) is 16.8 Å². The summed E-state index contributed by atoms with van der Waals surface area (Å²) in [7, 11) is 0. The van der Waals surface area contributed by atoms with Gasteiger partial charge in [-0.15, -0.1) is 12.4 Å². The van der Waals surface area contributed by atoms with E-state index in [1.807, 2.05) is 25.1 Å². The van der Waals surface area contributed by atoms with Crippen LogP contribution < -0.4 is 10.2 Å². The van der Waals surface area contributed by atoms with Crippen molar-refractivity contribution in [3.63, 3.8) is 0 Å². The summed E-state index contributed by atoms with van der Waals surface area (Å²) < 4.78 is 5.08. The lowest BCUT2D eigenvalue weighted by Gasteiger charge is -2.05. The van der Waals surface area contributed by atoms with E-state index in [1.165, 1.54) is 0 Å². The summed E-state index contributed by atoms with van der Waals surface area (Å²) in [6.07, 6.45) is 3.44. The largest absolute Gasteiger partial charge is 0.433 e. The van der Waals surface area contributed by atoms with Crippen molar-refractivity contribution in [3.8, 4) is 5.75 Å². The Kier molecular flexibility index (Phi) is 6.91. The molecular formula is C15H16ClN3O2. The van der Waals surface area contributed by atoms with E-state index in [-0.39, 0.29) is 12.4 Å². The number of halogens is 1. The number of rotatable bonds is 4. The van der Waals surface area contributed by atoms with Crippen molar-refractivity contribution in [2.75, 3.05) is 0 Å². The van der Waals surface area contributed by atoms with E-state index in [0.29, 0.717) is 12.2 Å². The third kappa shape index (κ3) is 5.24. The maximum Gasteiger partial charge on any atom is 0.433 e. The summed E-state index contributed by atoms with van der Waals surface area (Å²) >= 11 is 0. The first-order chi connectivity index (χ1) is 9.79. The van der Waals surface area contributed by atoms with Gasteiger partial charge in [0.25, 0.3) is 0 Å². The summed E-state index contributed by atoms with van der Waals surface area (Å²) in [6.45, 7) is 1.96. The van der Waals surface area contributed by atoms with Gasteiger partial charge in [-0.3, -0.25) is 4.98 Å². The molecule has 1 amide bonds. The highest BCUT2D eigenvalue weighted by Crippen LogP contribution is 2.08. The Morgan fingerprint density at radius 2 is 1.86 bits per heavy atom. The number of para-hydroxylation sites is 1. The number of ether oxygens (including phenoxy) is 1. The van der Waals surface area contributed by atoms with Crippen LogP contribution in [0.1, 0.15) is 18.9 Å². The van der Waals surface area contributed by atoms with E-state index in [4.69, 9.17) is 4.74 Å². The molecule has 0 saturated carbocycles. The predicted octanol–water partition coefficient (Wildman–Crippen LogP) is 3.41. The lowest BCUT2D eigenvalue weighted by molar-refractivity contribution is 0.201. The Labute approximate surface area is 129 Å². The topological polar surface area (TPSA) is 63.6 Å². The van der Waals surface area contributed by atoms with Gasteiger partial charge < -0.3 is 4.74 Å². The van der Waals surface area contributed by atoms with Crippen LogP contribution in [0.2, 0.25) is 0 Å². The Balaban J connectivity index is 0.00000220. The monoisotopic (exact) mass is 305 g/mol. The molecule has 1 N–H and O–H groups in total. The van der Waals surface area contributed by atoms with E-state index in [9.17, 15) is 4.79 Å². The molecule has 0 atom stereocenters. The molecule has 2 rings (SSSR count). The molecule has 2 aromatic rings. The molecule has 0 saturated heterocycles. The number of benzene rings is 1. The number of amides is 1. The van der Waals surface area contributed by atoms with Gasteiger partial charge in [-0.05, 0) is 30.7 Å². The maximum atomic E-state index is 11.6. The van der Waals surface area contributed by atoms with Crippen molar-refractivity contribution in [1.82, 2.24) is 10.4 Å². The number of nitrogens with one attached hydrogen (secondary N) is 1. The molecule has 0 bridgehead atoms. The zero-order chi connectivity index (χ0) is 14.2. The van der Waals surface area contributed by atoms with Crippen LogP contribution in [-0.2, 0) is 0 Å². The number of nitrogens with zero attached hydrogens (tertiary/aromatic N) is 2. The fourth-order valence-corrected chi connectivity index (χ4v) is 1.62. The normalized spacial score (nSPS) is 10.4. The Bertz CT molecular complexity index is 588. The van der Waals surface area contributed by atoms with E-state index in [0.717, 1.165) is 11.3 Å². The number of carbonyl (C=O) groups is 1. The summed E-state index contributed by atoms with van der Waals surface area (Å²) in [5, 5.41) is 4.07. The summed E-state index contributed by atoms with van der Waals surface area (Å²) in [6, 6.07) is 12.5. The molecule has 1 aromatic carbocycles. The zero-order valence-electron chi connectivity index (χ0n) is 11.5. The van der Waals surface area contributed by atoms with Gasteiger partial charge in [0.1, 0.15) is 5.75 Å². The summed E-state index contributed by atoms with van der Waals surface area (Å²) in [4.78, 5) is 15.6. The van der Waals surface area contributed by atoms with Gasteiger partial charge in [0.05, 0.1) is 5.71 Å². The van der Waals surface area contributed by atoms with Crippen LogP contribution in [0.4, 0.5) is 4.79 Å². The minimum absolute atomic E-state index is 0. The standard InChI is InChI=1S/C15H15N3O2.ClH/c1-2-14(12-8-10-16-11-9-12)17-18-15(19)20-13-6-4-3-5-7-13;/h3-11H,2H2,1H3,(H,18,19);1H. The molecule has 21 heavy (non-hydrogen) atoms. The van der Waals surface area contributed by atoms with E-state index < -0.39 is 6.09 Å². The van der Waals surface area contributed by atoms with Crippen molar-refractivity contribution in [1.29, 1.82) is 0 Å². The van der Waals surface area contributed by atoms with Crippen LogP contribution in [0.5, 0.6) is 5.75 Å². The first kappa shape index (κ1) is 16.7. The molecule has 0 radical (unpaired) electrons. The van der Waals surface area contributed by atoms with Crippen molar-refractivity contribution in [3.05, 3.63) is 60.4 Å². The average molecular weight is 306 g/mol. The molecule has 0 aliphatic carbocycles.